The maximum atomic E-state index is 12.1. The van der Waals surface area contributed by atoms with Gasteiger partial charge in [0.1, 0.15) is 12.7 Å². The first-order chi connectivity index (χ1) is 12.7. The first-order valence-electron chi connectivity index (χ1n) is 7.86. The Morgan fingerprint density at radius 2 is 1.85 bits per heavy atom. The van der Waals surface area contributed by atoms with Crippen molar-refractivity contribution in [3.8, 4) is 17.2 Å². The molecular formula is C19H18N4O3. The fourth-order valence-electron chi connectivity index (χ4n) is 2.35. The van der Waals surface area contributed by atoms with E-state index in [9.17, 15) is 4.79 Å². The van der Waals surface area contributed by atoms with Crippen LogP contribution in [0.15, 0.2) is 61.2 Å². The Bertz CT molecular complexity index is 903. The highest BCUT2D eigenvalue weighted by molar-refractivity contribution is 6.02. The average Bonchev–Trinajstić information content (AvgIpc) is 3.21. The molecule has 1 amide bonds. The third-order valence-corrected chi connectivity index (χ3v) is 3.65. The van der Waals surface area contributed by atoms with Crippen molar-refractivity contribution in [3.63, 3.8) is 0 Å². The fourth-order valence-corrected chi connectivity index (χ4v) is 2.35. The molecule has 0 aliphatic carbocycles. The number of nitrogens with zero attached hydrogens (tertiary/aromatic N) is 3. The van der Waals surface area contributed by atoms with E-state index in [4.69, 9.17) is 9.47 Å². The topological polar surface area (TPSA) is 78.3 Å². The summed E-state index contributed by atoms with van der Waals surface area (Å²) in [5.74, 6) is 1.02. The number of aromatic nitrogens is 3. The van der Waals surface area contributed by atoms with E-state index >= 15 is 0 Å². The van der Waals surface area contributed by atoms with Crippen LogP contribution in [0.4, 0.5) is 5.69 Å². The number of benzene rings is 2. The van der Waals surface area contributed by atoms with E-state index in [0.29, 0.717) is 17.2 Å². The van der Waals surface area contributed by atoms with E-state index < -0.39 is 0 Å². The molecular weight excluding hydrogens is 332 g/mol. The normalized spacial score (nSPS) is 10.7. The molecule has 0 unspecified atom stereocenters. The molecule has 0 aliphatic heterocycles. The van der Waals surface area contributed by atoms with E-state index in [0.717, 1.165) is 11.3 Å². The smallest absolute Gasteiger partial charge is 0.248 e. The number of anilines is 1. The van der Waals surface area contributed by atoms with E-state index in [1.807, 2.05) is 18.2 Å². The first kappa shape index (κ1) is 17.2. The minimum Gasteiger partial charge on any atom is -0.493 e. The van der Waals surface area contributed by atoms with E-state index in [-0.39, 0.29) is 5.91 Å². The van der Waals surface area contributed by atoms with Gasteiger partial charge in [-0.05, 0) is 48.0 Å². The Morgan fingerprint density at radius 1 is 1.08 bits per heavy atom. The quantitative estimate of drug-likeness (QED) is 0.692. The van der Waals surface area contributed by atoms with Crippen molar-refractivity contribution in [2.24, 2.45) is 0 Å². The molecule has 7 nitrogen and oxygen atoms in total. The van der Waals surface area contributed by atoms with Gasteiger partial charge in [-0.15, -0.1) is 0 Å². The van der Waals surface area contributed by atoms with Crippen LogP contribution in [0.25, 0.3) is 11.8 Å². The molecule has 1 aromatic heterocycles. The van der Waals surface area contributed by atoms with Crippen molar-refractivity contribution >= 4 is 17.7 Å². The van der Waals surface area contributed by atoms with Crippen LogP contribution in [0.2, 0.25) is 0 Å². The average molecular weight is 350 g/mol. The van der Waals surface area contributed by atoms with Crippen LogP contribution < -0.4 is 14.8 Å². The monoisotopic (exact) mass is 350 g/mol. The van der Waals surface area contributed by atoms with E-state index in [1.54, 1.807) is 55.6 Å². The number of carbonyl (C=O) groups excluding carboxylic acids is 1. The zero-order valence-electron chi connectivity index (χ0n) is 14.4. The second-order valence-electron chi connectivity index (χ2n) is 5.32. The van der Waals surface area contributed by atoms with Gasteiger partial charge in [-0.25, -0.2) is 9.67 Å². The molecule has 132 valence electrons. The Balaban J connectivity index is 1.64. The van der Waals surface area contributed by atoms with E-state index in [2.05, 4.69) is 15.4 Å². The number of methoxy groups -OCH3 is 2. The molecule has 2 aromatic carbocycles. The third-order valence-electron chi connectivity index (χ3n) is 3.65. The molecule has 0 aliphatic rings. The maximum Gasteiger partial charge on any atom is 0.248 e. The molecule has 0 radical (unpaired) electrons. The predicted octanol–water partition coefficient (Wildman–Crippen LogP) is 2.94. The Morgan fingerprint density at radius 3 is 2.50 bits per heavy atom. The number of amides is 1. The first-order valence-corrected chi connectivity index (χ1v) is 7.86. The van der Waals surface area contributed by atoms with Gasteiger partial charge in [0.25, 0.3) is 0 Å². The summed E-state index contributed by atoms with van der Waals surface area (Å²) in [5.41, 5.74) is 2.39. The van der Waals surface area contributed by atoms with Crippen molar-refractivity contribution in [2.45, 2.75) is 0 Å². The number of ether oxygens (including phenoxy) is 2. The largest absolute Gasteiger partial charge is 0.493 e. The molecule has 1 heterocycles. The van der Waals surface area contributed by atoms with Crippen LogP contribution in [0.5, 0.6) is 11.5 Å². The van der Waals surface area contributed by atoms with Crippen LogP contribution in [0, 0.1) is 0 Å². The molecule has 1 N–H and O–H groups in total. The van der Waals surface area contributed by atoms with Gasteiger partial charge in [-0.1, -0.05) is 6.07 Å². The summed E-state index contributed by atoms with van der Waals surface area (Å²) in [6.45, 7) is 0. The highest BCUT2D eigenvalue weighted by Crippen LogP contribution is 2.27. The number of nitrogens with one attached hydrogen (secondary N) is 1. The highest BCUT2D eigenvalue weighted by Gasteiger charge is 2.04. The third kappa shape index (κ3) is 4.07. The summed E-state index contributed by atoms with van der Waals surface area (Å²) in [5, 5.41) is 6.86. The molecule has 0 atom stereocenters. The van der Waals surface area contributed by atoms with Crippen LogP contribution in [-0.2, 0) is 4.79 Å². The summed E-state index contributed by atoms with van der Waals surface area (Å²) in [7, 11) is 3.15. The lowest BCUT2D eigenvalue weighted by Crippen LogP contribution is -2.07. The lowest BCUT2D eigenvalue weighted by molar-refractivity contribution is -0.111. The van der Waals surface area contributed by atoms with Crippen LogP contribution in [0.3, 0.4) is 0 Å². The van der Waals surface area contributed by atoms with Crippen LogP contribution in [-0.4, -0.2) is 34.9 Å². The molecule has 0 bridgehead atoms. The van der Waals surface area contributed by atoms with Gasteiger partial charge in [0, 0.05) is 11.8 Å². The van der Waals surface area contributed by atoms with Crippen LogP contribution in [0.1, 0.15) is 5.56 Å². The zero-order valence-corrected chi connectivity index (χ0v) is 14.4. The molecule has 0 spiro atoms. The molecule has 0 fully saturated rings. The number of hydrogen-bond acceptors (Lipinski definition) is 5. The van der Waals surface area contributed by atoms with Crippen molar-refractivity contribution < 1.29 is 14.3 Å². The minimum absolute atomic E-state index is 0.228. The summed E-state index contributed by atoms with van der Waals surface area (Å²) >= 11 is 0. The predicted molar refractivity (Wildman–Crippen MR) is 98.6 cm³/mol. The molecule has 26 heavy (non-hydrogen) atoms. The van der Waals surface area contributed by atoms with Gasteiger partial charge in [0.15, 0.2) is 11.5 Å². The minimum atomic E-state index is -0.228. The number of hydrogen-bond donors (Lipinski definition) is 1. The fraction of sp³-hybridized carbons (Fsp3) is 0.105. The van der Waals surface area contributed by atoms with Crippen molar-refractivity contribution in [1.29, 1.82) is 0 Å². The molecule has 0 saturated heterocycles. The Labute approximate surface area is 150 Å². The second kappa shape index (κ2) is 7.98. The number of rotatable bonds is 6. The standard InChI is InChI=1S/C19H18N4O3/c1-25-17-9-3-14(11-18(17)26-2)4-10-19(24)22-15-5-7-16(8-6-15)23-13-20-12-21-23/h3-13H,1-2H3,(H,22,24)/b10-4+. The summed E-state index contributed by atoms with van der Waals surface area (Å²) in [6, 6.07) is 12.7. The van der Waals surface area contributed by atoms with Gasteiger partial charge >= 0.3 is 0 Å². The van der Waals surface area contributed by atoms with E-state index in [1.165, 1.54) is 12.4 Å². The zero-order chi connectivity index (χ0) is 18.4. The summed E-state index contributed by atoms with van der Waals surface area (Å²) in [6.07, 6.45) is 6.25. The van der Waals surface area contributed by atoms with Gasteiger partial charge in [-0.2, -0.15) is 5.10 Å². The summed E-state index contributed by atoms with van der Waals surface area (Å²) in [4.78, 5) is 16.0. The van der Waals surface area contributed by atoms with Crippen molar-refractivity contribution in [1.82, 2.24) is 14.8 Å². The van der Waals surface area contributed by atoms with Crippen LogP contribution >= 0.6 is 0 Å². The maximum absolute atomic E-state index is 12.1. The van der Waals surface area contributed by atoms with Crippen molar-refractivity contribution in [3.05, 3.63) is 66.8 Å². The highest BCUT2D eigenvalue weighted by atomic mass is 16.5. The van der Waals surface area contributed by atoms with Gasteiger partial charge in [0.2, 0.25) is 5.91 Å². The SMILES string of the molecule is COc1ccc(/C=C/C(=O)Nc2ccc(-n3cncn3)cc2)cc1OC. The summed E-state index contributed by atoms with van der Waals surface area (Å²) < 4.78 is 12.1. The lowest BCUT2D eigenvalue weighted by Gasteiger charge is -2.07. The Hall–Kier alpha value is -3.61. The number of carbonyl (C=O) groups is 1. The lowest BCUT2D eigenvalue weighted by atomic mass is 10.2. The Kier molecular flexibility index (Phi) is 5.28. The van der Waals surface area contributed by atoms with Crippen molar-refractivity contribution in [2.75, 3.05) is 19.5 Å². The molecule has 3 rings (SSSR count). The second-order valence-corrected chi connectivity index (χ2v) is 5.32. The molecule has 3 aromatic rings. The van der Waals surface area contributed by atoms with Gasteiger partial charge in [0.05, 0.1) is 19.9 Å². The van der Waals surface area contributed by atoms with Gasteiger partial charge in [-0.3, -0.25) is 4.79 Å². The van der Waals surface area contributed by atoms with Gasteiger partial charge < -0.3 is 14.8 Å². The molecule has 7 heteroatoms. The molecule has 0 saturated carbocycles.